The molecule has 4 nitrogen and oxygen atoms in total. The zero-order valence-electron chi connectivity index (χ0n) is 10.9. The van der Waals surface area contributed by atoms with Crippen molar-refractivity contribution in [1.29, 1.82) is 0 Å². The summed E-state index contributed by atoms with van der Waals surface area (Å²) >= 11 is 0. The van der Waals surface area contributed by atoms with Crippen LogP contribution in [-0.2, 0) is 4.74 Å². The summed E-state index contributed by atoms with van der Waals surface area (Å²) in [6.45, 7) is 5.04. The van der Waals surface area contributed by atoms with Gasteiger partial charge in [-0.2, -0.15) is 0 Å². The molecule has 2 atom stereocenters. The fraction of sp³-hybridized carbons (Fsp3) is 0.500. The number of ether oxygens (including phenoxy) is 1. The Balaban J connectivity index is 2.07. The number of imidazole rings is 1. The summed E-state index contributed by atoms with van der Waals surface area (Å²) in [4.78, 5) is 4.62. The lowest BCUT2D eigenvalue weighted by Crippen LogP contribution is -2.26. The van der Waals surface area contributed by atoms with E-state index in [-0.39, 0.29) is 0 Å². The minimum absolute atomic E-state index is 0.328. The summed E-state index contributed by atoms with van der Waals surface area (Å²) < 4.78 is 7.96. The highest BCUT2D eigenvalue weighted by atomic mass is 16.5. The van der Waals surface area contributed by atoms with E-state index in [1.54, 1.807) is 0 Å². The van der Waals surface area contributed by atoms with Gasteiger partial charge in [0.25, 0.3) is 0 Å². The van der Waals surface area contributed by atoms with Crippen LogP contribution >= 0.6 is 0 Å². The normalized spacial score (nSPS) is 24.6. The molecule has 1 saturated heterocycles. The van der Waals surface area contributed by atoms with E-state index in [0.29, 0.717) is 12.1 Å². The summed E-state index contributed by atoms with van der Waals surface area (Å²) in [5.74, 6) is 1.06. The van der Waals surface area contributed by atoms with Crippen molar-refractivity contribution < 1.29 is 4.74 Å². The molecule has 4 heteroatoms. The molecule has 2 N–H and O–H groups in total. The molecule has 2 aromatic rings. The van der Waals surface area contributed by atoms with Crippen LogP contribution < -0.4 is 5.73 Å². The van der Waals surface area contributed by atoms with Crippen molar-refractivity contribution in [3.8, 4) is 0 Å². The highest BCUT2D eigenvalue weighted by Crippen LogP contribution is 2.30. The molecule has 2 heterocycles. The van der Waals surface area contributed by atoms with Crippen LogP contribution in [0.3, 0.4) is 0 Å². The van der Waals surface area contributed by atoms with E-state index >= 15 is 0 Å². The highest BCUT2D eigenvalue weighted by molar-refractivity contribution is 5.79. The zero-order valence-corrected chi connectivity index (χ0v) is 10.9. The molecule has 1 aliphatic rings. The van der Waals surface area contributed by atoms with Crippen LogP contribution in [0.5, 0.6) is 0 Å². The van der Waals surface area contributed by atoms with Crippen LogP contribution in [0.15, 0.2) is 18.2 Å². The van der Waals surface area contributed by atoms with E-state index in [1.165, 1.54) is 5.52 Å². The molecular formula is C14H19N3O. The van der Waals surface area contributed by atoms with Crippen molar-refractivity contribution >= 4 is 16.7 Å². The van der Waals surface area contributed by atoms with Crippen LogP contribution in [0.4, 0.5) is 5.69 Å². The molecular weight excluding hydrogens is 226 g/mol. The number of aryl methyl sites for hydroxylation is 1. The minimum Gasteiger partial charge on any atom is -0.399 e. The quantitative estimate of drug-likeness (QED) is 0.786. The third-order valence-electron chi connectivity index (χ3n) is 3.71. The summed E-state index contributed by atoms with van der Waals surface area (Å²) in [6.07, 6.45) is 2.44. The first-order valence-corrected chi connectivity index (χ1v) is 6.51. The van der Waals surface area contributed by atoms with Crippen molar-refractivity contribution in [2.24, 2.45) is 0 Å². The lowest BCUT2D eigenvalue weighted by Gasteiger charge is -2.29. The number of fused-ring (bicyclic) bond motifs is 1. The number of hydrogen-bond acceptors (Lipinski definition) is 3. The van der Waals surface area contributed by atoms with Crippen LogP contribution in [0.1, 0.15) is 31.6 Å². The number of benzene rings is 1. The van der Waals surface area contributed by atoms with Crippen molar-refractivity contribution in [2.45, 2.75) is 38.8 Å². The van der Waals surface area contributed by atoms with Crippen molar-refractivity contribution in [3.63, 3.8) is 0 Å². The molecule has 2 unspecified atom stereocenters. The van der Waals surface area contributed by atoms with Gasteiger partial charge in [-0.1, -0.05) is 0 Å². The second kappa shape index (κ2) is 4.28. The lowest BCUT2D eigenvalue weighted by atomic mass is 10.0. The van der Waals surface area contributed by atoms with Crippen LogP contribution in [0.25, 0.3) is 11.0 Å². The summed E-state index contributed by atoms with van der Waals surface area (Å²) in [7, 11) is 0. The maximum Gasteiger partial charge on any atom is 0.106 e. The first-order chi connectivity index (χ1) is 8.65. The molecule has 1 aromatic carbocycles. The predicted molar refractivity (Wildman–Crippen MR) is 72.6 cm³/mol. The Morgan fingerprint density at radius 3 is 3.06 bits per heavy atom. The first-order valence-electron chi connectivity index (χ1n) is 6.51. The lowest BCUT2D eigenvalue weighted by molar-refractivity contribution is 0.00637. The van der Waals surface area contributed by atoms with E-state index in [2.05, 4.69) is 29.5 Å². The maximum absolute atomic E-state index is 5.81. The number of aromatic nitrogens is 2. The molecule has 0 saturated carbocycles. The van der Waals surface area contributed by atoms with E-state index in [4.69, 9.17) is 10.5 Å². The molecule has 0 radical (unpaired) electrons. The molecule has 0 spiro atoms. The minimum atomic E-state index is 0.328. The van der Waals surface area contributed by atoms with Gasteiger partial charge in [-0.05, 0) is 44.9 Å². The van der Waals surface area contributed by atoms with Gasteiger partial charge in [0.05, 0.1) is 17.1 Å². The van der Waals surface area contributed by atoms with Crippen LogP contribution in [-0.4, -0.2) is 22.3 Å². The topological polar surface area (TPSA) is 53.1 Å². The van der Waals surface area contributed by atoms with Gasteiger partial charge in [0.15, 0.2) is 0 Å². The summed E-state index contributed by atoms with van der Waals surface area (Å²) in [5, 5.41) is 0. The van der Waals surface area contributed by atoms with Crippen molar-refractivity contribution in [3.05, 3.63) is 24.0 Å². The van der Waals surface area contributed by atoms with Crippen LogP contribution in [0.2, 0.25) is 0 Å². The second-order valence-corrected chi connectivity index (χ2v) is 5.14. The molecule has 1 aliphatic heterocycles. The van der Waals surface area contributed by atoms with Crippen molar-refractivity contribution in [1.82, 2.24) is 9.55 Å². The Labute approximate surface area is 107 Å². The number of nitrogens with two attached hydrogens (primary N) is 1. The Morgan fingerprint density at radius 2 is 2.28 bits per heavy atom. The standard InChI is InChI=1S/C14H19N3O/c1-9-7-12(5-6-18-9)17-10(2)16-13-8-11(15)3-4-14(13)17/h3-4,8-9,12H,5-7,15H2,1-2H3. The predicted octanol–water partition coefficient (Wildman–Crippen LogP) is 2.67. The monoisotopic (exact) mass is 245 g/mol. The molecule has 96 valence electrons. The number of rotatable bonds is 1. The number of nitrogen functional groups attached to an aromatic ring is 1. The number of nitrogens with zero attached hydrogens (tertiary/aromatic N) is 2. The summed E-state index contributed by atoms with van der Waals surface area (Å²) in [6, 6.07) is 6.46. The third-order valence-corrected chi connectivity index (χ3v) is 3.71. The third kappa shape index (κ3) is 1.86. The molecule has 0 bridgehead atoms. The van der Waals surface area contributed by atoms with Gasteiger partial charge in [0.2, 0.25) is 0 Å². The maximum atomic E-state index is 5.81. The molecule has 18 heavy (non-hydrogen) atoms. The smallest absolute Gasteiger partial charge is 0.106 e. The van der Waals surface area contributed by atoms with Gasteiger partial charge in [0, 0.05) is 18.3 Å². The van der Waals surface area contributed by atoms with E-state index in [1.807, 2.05) is 12.1 Å². The molecule has 0 aliphatic carbocycles. The fourth-order valence-corrected chi connectivity index (χ4v) is 2.91. The molecule has 3 rings (SSSR count). The van der Waals surface area contributed by atoms with Gasteiger partial charge < -0.3 is 15.0 Å². The van der Waals surface area contributed by atoms with E-state index in [9.17, 15) is 0 Å². The Kier molecular flexibility index (Phi) is 2.74. The van der Waals surface area contributed by atoms with Gasteiger partial charge >= 0.3 is 0 Å². The Morgan fingerprint density at radius 1 is 1.44 bits per heavy atom. The molecule has 1 fully saturated rings. The first kappa shape index (κ1) is 11.5. The van der Waals surface area contributed by atoms with Crippen molar-refractivity contribution in [2.75, 3.05) is 12.3 Å². The van der Waals surface area contributed by atoms with Gasteiger partial charge in [-0.15, -0.1) is 0 Å². The Hall–Kier alpha value is -1.55. The van der Waals surface area contributed by atoms with Gasteiger partial charge in [0.1, 0.15) is 5.82 Å². The van der Waals surface area contributed by atoms with E-state index in [0.717, 1.165) is 36.5 Å². The highest BCUT2D eigenvalue weighted by Gasteiger charge is 2.23. The SMILES string of the molecule is Cc1nc2cc(N)ccc2n1C1CCOC(C)C1. The molecule has 0 amide bonds. The van der Waals surface area contributed by atoms with Gasteiger partial charge in [-0.3, -0.25) is 0 Å². The second-order valence-electron chi connectivity index (χ2n) is 5.14. The van der Waals surface area contributed by atoms with E-state index < -0.39 is 0 Å². The number of hydrogen-bond donors (Lipinski definition) is 1. The number of anilines is 1. The molecule has 1 aromatic heterocycles. The summed E-state index contributed by atoms with van der Waals surface area (Å²) in [5.41, 5.74) is 8.76. The fourth-order valence-electron chi connectivity index (χ4n) is 2.91. The van der Waals surface area contributed by atoms with Crippen LogP contribution in [0, 0.1) is 6.92 Å². The Bertz CT molecular complexity index is 576. The average molecular weight is 245 g/mol. The largest absolute Gasteiger partial charge is 0.399 e. The zero-order chi connectivity index (χ0) is 12.7. The van der Waals surface area contributed by atoms with Gasteiger partial charge in [-0.25, -0.2) is 4.98 Å². The average Bonchev–Trinajstić information content (AvgIpc) is 2.64.